The van der Waals surface area contributed by atoms with Gasteiger partial charge in [-0.15, -0.1) is 11.3 Å². The fourth-order valence-corrected chi connectivity index (χ4v) is 3.56. The molecule has 0 unspecified atom stereocenters. The van der Waals surface area contributed by atoms with Crippen LogP contribution in [0.2, 0.25) is 0 Å². The topological polar surface area (TPSA) is 73.9 Å². The van der Waals surface area contributed by atoms with Crippen molar-refractivity contribution in [3.63, 3.8) is 0 Å². The quantitative estimate of drug-likeness (QED) is 0.908. The molecule has 0 radical (unpaired) electrons. The summed E-state index contributed by atoms with van der Waals surface area (Å²) in [5, 5.41) is 5.51. The Hall–Kier alpha value is -1.73. The summed E-state index contributed by atoms with van der Waals surface area (Å²) in [6.45, 7) is 4.45. The average molecular weight is 305 g/mol. The van der Waals surface area contributed by atoms with Gasteiger partial charge in [-0.2, -0.15) is 0 Å². The van der Waals surface area contributed by atoms with E-state index in [1.807, 2.05) is 6.20 Å². The zero-order valence-corrected chi connectivity index (χ0v) is 12.8. The molecule has 112 valence electrons. The summed E-state index contributed by atoms with van der Waals surface area (Å²) in [5.41, 5.74) is 1.09. The van der Waals surface area contributed by atoms with Gasteiger partial charge in [0.25, 0.3) is 0 Å². The van der Waals surface area contributed by atoms with Gasteiger partial charge in [0.05, 0.1) is 12.2 Å². The molecule has 0 aliphatic carbocycles. The number of thiazole rings is 1. The van der Waals surface area contributed by atoms with Gasteiger partial charge in [-0.25, -0.2) is 9.97 Å². The first-order valence-electron chi connectivity index (χ1n) is 7.14. The van der Waals surface area contributed by atoms with Crippen LogP contribution in [-0.4, -0.2) is 38.8 Å². The van der Waals surface area contributed by atoms with Crippen LogP contribution in [-0.2, 0) is 11.3 Å². The minimum atomic E-state index is -0.0704. The number of aromatic amines is 1. The molecule has 2 aromatic heterocycles. The van der Waals surface area contributed by atoms with Gasteiger partial charge in [-0.05, 0) is 19.4 Å². The van der Waals surface area contributed by atoms with Crippen molar-refractivity contribution in [1.82, 2.24) is 19.9 Å². The summed E-state index contributed by atoms with van der Waals surface area (Å²) in [4.78, 5) is 25.5. The van der Waals surface area contributed by atoms with Crippen LogP contribution in [0.1, 0.15) is 37.2 Å². The number of nitrogens with zero attached hydrogens (tertiary/aromatic N) is 3. The van der Waals surface area contributed by atoms with Gasteiger partial charge in [0.2, 0.25) is 5.91 Å². The van der Waals surface area contributed by atoms with Crippen LogP contribution in [0.3, 0.4) is 0 Å². The molecule has 0 saturated carbocycles. The number of hydrogen-bond donors (Lipinski definition) is 2. The number of nitrogens with one attached hydrogen (secondary N) is 2. The number of piperidine rings is 1. The van der Waals surface area contributed by atoms with Crippen LogP contribution in [0.5, 0.6) is 0 Å². The smallest absolute Gasteiger partial charge is 0.223 e. The first kappa shape index (κ1) is 14.2. The lowest BCUT2D eigenvalue weighted by molar-refractivity contribution is -0.114. The number of anilines is 1. The number of imidazole rings is 1. The Morgan fingerprint density at radius 2 is 2.52 bits per heavy atom. The Morgan fingerprint density at radius 3 is 3.29 bits per heavy atom. The van der Waals surface area contributed by atoms with Gasteiger partial charge in [0, 0.05) is 37.2 Å². The number of amides is 1. The van der Waals surface area contributed by atoms with E-state index >= 15 is 0 Å². The van der Waals surface area contributed by atoms with Crippen LogP contribution in [0.25, 0.3) is 0 Å². The molecule has 1 amide bonds. The van der Waals surface area contributed by atoms with Gasteiger partial charge < -0.3 is 10.3 Å². The summed E-state index contributed by atoms with van der Waals surface area (Å²) in [5.74, 6) is 1.37. The predicted octanol–water partition coefficient (Wildman–Crippen LogP) is 2.20. The van der Waals surface area contributed by atoms with Crippen LogP contribution in [0, 0.1) is 0 Å². The lowest BCUT2D eigenvalue weighted by atomic mass is 9.95. The van der Waals surface area contributed by atoms with Gasteiger partial charge >= 0.3 is 0 Å². The second kappa shape index (κ2) is 6.36. The summed E-state index contributed by atoms with van der Waals surface area (Å²) < 4.78 is 0. The van der Waals surface area contributed by atoms with Crippen LogP contribution < -0.4 is 5.32 Å². The van der Waals surface area contributed by atoms with E-state index < -0.39 is 0 Å². The Labute approximate surface area is 127 Å². The number of hydrogen-bond acceptors (Lipinski definition) is 5. The highest BCUT2D eigenvalue weighted by Gasteiger charge is 2.24. The SMILES string of the molecule is CC(=O)Nc1nc([C@@H]2CCCN(Cc3ncc[nH]3)C2)cs1. The summed E-state index contributed by atoms with van der Waals surface area (Å²) in [6.07, 6.45) is 5.96. The largest absolute Gasteiger partial charge is 0.348 e. The first-order valence-corrected chi connectivity index (χ1v) is 8.02. The van der Waals surface area contributed by atoms with E-state index in [9.17, 15) is 4.79 Å². The third-order valence-corrected chi connectivity index (χ3v) is 4.43. The molecule has 1 atom stereocenters. The van der Waals surface area contributed by atoms with Crippen LogP contribution >= 0.6 is 11.3 Å². The molecular formula is C14H19N5OS. The monoisotopic (exact) mass is 305 g/mol. The van der Waals surface area contributed by atoms with Gasteiger partial charge in [-0.3, -0.25) is 9.69 Å². The van der Waals surface area contributed by atoms with Gasteiger partial charge in [-0.1, -0.05) is 0 Å². The van der Waals surface area contributed by atoms with Crippen LogP contribution in [0.4, 0.5) is 5.13 Å². The second-order valence-electron chi connectivity index (χ2n) is 5.37. The highest BCUT2D eigenvalue weighted by Crippen LogP contribution is 2.29. The van der Waals surface area contributed by atoms with Crippen molar-refractivity contribution in [1.29, 1.82) is 0 Å². The highest BCUT2D eigenvalue weighted by atomic mass is 32.1. The van der Waals surface area contributed by atoms with E-state index in [0.29, 0.717) is 11.0 Å². The van der Waals surface area contributed by atoms with Crippen molar-refractivity contribution in [3.05, 3.63) is 29.3 Å². The molecule has 1 aliphatic heterocycles. The first-order chi connectivity index (χ1) is 10.2. The highest BCUT2D eigenvalue weighted by molar-refractivity contribution is 7.13. The van der Waals surface area contributed by atoms with E-state index in [1.165, 1.54) is 24.7 Å². The minimum Gasteiger partial charge on any atom is -0.348 e. The summed E-state index contributed by atoms with van der Waals surface area (Å²) in [7, 11) is 0. The fraction of sp³-hybridized carbons (Fsp3) is 0.500. The molecule has 2 aromatic rings. The number of aromatic nitrogens is 3. The molecule has 7 heteroatoms. The molecule has 1 fully saturated rings. The van der Waals surface area contributed by atoms with Crippen molar-refractivity contribution < 1.29 is 4.79 Å². The maximum Gasteiger partial charge on any atom is 0.223 e. The Kier molecular flexibility index (Phi) is 4.31. The normalized spacial score (nSPS) is 19.6. The van der Waals surface area contributed by atoms with Crippen molar-refractivity contribution >= 4 is 22.4 Å². The Bertz CT molecular complexity index is 594. The van der Waals surface area contributed by atoms with Crippen molar-refractivity contribution in [2.75, 3.05) is 18.4 Å². The van der Waals surface area contributed by atoms with E-state index in [-0.39, 0.29) is 5.91 Å². The molecular weight excluding hydrogens is 286 g/mol. The number of likely N-dealkylation sites (tertiary alicyclic amines) is 1. The van der Waals surface area contributed by atoms with Gasteiger partial charge in [0.15, 0.2) is 5.13 Å². The van der Waals surface area contributed by atoms with E-state index in [0.717, 1.165) is 37.6 Å². The fourth-order valence-electron chi connectivity index (χ4n) is 2.72. The third kappa shape index (κ3) is 3.68. The van der Waals surface area contributed by atoms with E-state index in [1.54, 1.807) is 6.20 Å². The number of carbonyl (C=O) groups is 1. The summed E-state index contributed by atoms with van der Waals surface area (Å²) in [6, 6.07) is 0. The molecule has 2 N–H and O–H groups in total. The molecule has 1 aliphatic rings. The Balaban J connectivity index is 1.62. The minimum absolute atomic E-state index is 0.0704. The number of rotatable bonds is 4. The predicted molar refractivity (Wildman–Crippen MR) is 82.3 cm³/mol. The van der Waals surface area contributed by atoms with E-state index in [4.69, 9.17) is 0 Å². The molecule has 1 saturated heterocycles. The molecule has 6 nitrogen and oxygen atoms in total. The number of H-pyrrole nitrogens is 1. The third-order valence-electron chi connectivity index (χ3n) is 3.66. The molecule has 3 heterocycles. The maximum atomic E-state index is 11.1. The summed E-state index contributed by atoms with van der Waals surface area (Å²) >= 11 is 1.50. The molecule has 0 bridgehead atoms. The second-order valence-corrected chi connectivity index (χ2v) is 6.23. The lowest BCUT2D eigenvalue weighted by Gasteiger charge is -2.31. The van der Waals surface area contributed by atoms with Crippen molar-refractivity contribution in [3.8, 4) is 0 Å². The van der Waals surface area contributed by atoms with Gasteiger partial charge in [0.1, 0.15) is 5.82 Å². The van der Waals surface area contributed by atoms with Crippen molar-refractivity contribution in [2.45, 2.75) is 32.2 Å². The lowest BCUT2D eigenvalue weighted by Crippen LogP contribution is -2.34. The van der Waals surface area contributed by atoms with Crippen molar-refractivity contribution in [2.24, 2.45) is 0 Å². The molecule has 0 aromatic carbocycles. The standard InChI is InChI=1S/C14H19N5OS/c1-10(20)17-14-18-12(9-21-14)11-3-2-6-19(7-11)8-13-15-4-5-16-13/h4-5,9,11H,2-3,6-8H2,1H3,(H,15,16)(H,17,18,20)/t11-/m1/s1. The maximum absolute atomic E-state index is 11.1. The van der Waals surface area contributed by atoms with Crippen LogP contribution in [0.15, 0.2) is 17.8 Å². The average Bonchev–Trinajstić information content (AvgIpc) is 3.10. The Morgan fingerprint density at radius 1 is 1.62 bits per heavy atom. The van der Waals surface area contributed by atoms with E-state index in [2.05, 4.69) is 30.5 Å². The molecule has 21 heavy (non-hydrogen) atoms. The molecule has 0 spiro atoms. The number of carbonyl (C=O) groups excluding carboxylic acids is 1. The zero-order valence-electron chi connectivity index (χ0n) is 12.0. The molecule has 3 rings (SSSR count). The zero-order chi connectivity index (χ0) is 14.7.